The van der Waals surface area contributed by atoms with Crippen LogP contribution in [0.2, 0.25) is 0 Å². The third kappa shape index (κ3) is 3.66. The van der Waals surface area contributed by atoms with Gasteiger partial charge in [0, 0.05) is 19.2 Å². The van der Waals surface area contributed by atoms with E-state index < -0.39 is 15.8 Å². The molecule has 1 aliphatic heterocycles. The lowest BCUT2D eigenvalue weighted by atomic mass is 9.94. The maximum absolute atomic E-state index is 12.6. The zero-order valence-electron chi connectivity index (χ0n) is 13.6. The number of piperidine rings is 1. The molecule has 2 unspecified atom stereocenters. The molecule has 2 N–H and O–H groups in total. The molecule has 0 radical (unpaired) electrons. The van der Waals surface area contributed by atoms with Crippen LogP contribution in [0, 0.1) is 5.92 Å². The summed E-state index contributed by atoms with van der Waals surface area (Å²) in [5, 5.41) is 3.29. The predicted octanol–water partition coefficient (Wildman–Crippen LogP) is 1.22. The smallest absolute Gasteiger partial charge is 0.408 e. The van der Waals surface area contributed by atoms with Crippen molar-refractivity contribution in [1.82, 2.24) is 14.6 Å². The van der Waals surface area contributed by atoms with Crippen LogP contribution in [0.1, 0.15) is 19.8 Å². The Labute approximate surface area is 146 Å². The van der Waals surface area contributed by atoms with Gasteiger partial charge in [0.2, 0.25) is 10.0 Å². The van der Waals surface area contributed by atoms with E-state index in [0.717, 1.165) is 25.9 Å². The van der Waals surface area contributed by atoms with Crippen molar-refractivity contribution in [2.24, 2.45) is 13.0 Å². The van der Waals surface area contributed by atoms with Gasteiger partial charge >= 0.3 is 5.76 Å². The molecule has 3 rings (SSSR count). The van der Waals surface area contributed by atoms with Crippen LogP contribution in [0.25, 0.3) is 11.1 Å². The number of aromatic nitrogens is 1. The minimum atomic E-state index is -3.65. The summed E-state index contributed by atoms with van der Waals surface area (Å²) >= 11 is 0. The summed E-state index contributed by atoms with van der Waals surface area (Å²) < 4.78 is 34.3. The summed E-state index contributed by atoms with van der Waals surface area (Å²) in [6.45, 7) is 3.69. The van der Waals surface area contributed by atoms with Crippen LogP contribution in [-0.4, -0.2) is 32.1 Å². The van der Waals surface area contributed by atoms with Gasteiger partial charge in [0.25, 0.3) is 0 Å². The number of fused-ring (bicyclic) bond motifs is 1. The minimum absolute atomic E-state index is 0. The maximum Gasteiger partial charge on any atom is 0.419 e. The molecule has 24 heavy (non-hydrogen) atoms. The van der Waals surface area contributed by atoms with Crippen LogP contribution in [-0.2, 0) is 17.1 Å². The monoisotopic (exact) mass is 375 g/mol. The van der Waals surface area contributed by atoms with Crippen molar-refractivity contribution in [1.29, 1.82) is 0 Å². The summed E-state index contributed by atoms with van der Waals surface area (Å²) in [6.07, 6.45) is 2.06. The highest BCUT2D eigenvalue weighted by atomic mass is 35.5. The van der Waals surface area contributed by atoms with Crippen molar-refractivity contribution in [2.75, 3.05) is 13.1 Å². The fraction of sp³-hybridized carbons (Fsp3) is 0.533. The summed E-state index contributed by atoms with van der Waals surface area (Å²) in [5.41, 5.74) is 0.839. The van der Waals surface area contributed by atoms with E-state index in [1.165, 1.54) is 16.7 Å². The lowest BCUT2D eigenvalue weighted by Gasteiger charge is -2.28. The molecule has 0 spiro atoms. The van der Waals surface area contributed by atoms with Gasteiger partial charge in [-0.1, -0.05) is 0 Å². The first-order valence-corrected chi connectivity index (χ1v) is 9.19. The van der Waals surface area contributed by atoms with E-state index >= 15 is 0 Å². The molecule has 0 amide bonds. The maximum atomic E-state index is 12.6. The Kier molecular flexibility index (Phi) is 5.74. The number of sulfonamides is 1. The van der Waals surface area contributed by atoms with Gasteiger partial charge in [-0.25, -0.2) is 17.9 Å². The highest BCUT2D eigenvalue weighted by Crippen LogP contribution is 2.20. The van der Waals surface area contributed by atoms with Gasteiger partial charge in [0.1, 0.15) is 0 Å². The van der Waals surface area contributed by atoms with Gasteiger partial charge in [-0.05, 0) is 50.9 Å². The molecule has 134 valence electrons. The number of benzene rings is 1. The molecule has 0 saturated carbocycles. The van der Waals surface area contributed by atoms with Crippen LogP contribution in [0.3, 0.4) is 0 Å². The summed E-state index contributed by atoms with van der Waals surface area (Å²) in [5.74, 6) is -0.235. The zero-order valence-corrected chi connectivity index (χ0v) is 15.2. The summed E-state index contributed by atoms with van der Waals surface area (Å²) in [6, 6.07) is 4.31. The number of nitrogens with zero attached hydrogens (tertiary/aromatic N) is 1. The fourth-order valence-corrected chi connectivity index (χ4v) is 4.32. The van der Waals surface area contributed by atoms with Gasteiger partial charge in [-0.3, -0.25) is 4.57 Å². The lowest BCUT2D eigenvalue weighted by molar-refractivity contribution is 0.320. The second kappa shape index (κ2) is 7.26. The van der Waals surface area contributed by atoms with Crippen molar-refractivity contribution in [3.63, 3.8) is 0 Å². The van der Waals surface area contributed by atoms with E-state index in [1.807, 2.05) is 6.92 Å². The lowest BCUT2D eigenvalue weighted by Crippen LogP contribution is -2.44. The number of hydrogen-bond donors (Lipinski definition) is 2. The highest BCUT2D eigenvalue weighted by Gasteiger charge is 2.25. The molecule has 7 nitrogen and oxygen atoms in total. The van der Waals surface area contributed by atoms with Crippen LogP contribution >= 0.6 is 12.4 Å². The number of aryl methyl sites for hydroxylation is 1. The average Bonchev–Trinajstić information content (AvgIpc) is 2.82. The number of hydrogen-bond acceptors (Lipinski definition) is 5. The number of nitrogens with one attached hydrogen (secondary N) is 2. The second-order valence-electron chi connectivity index (χ2n) is 6.07. The highest BCUT2D eigenvalue weighted by molar-refractivity contribution is 7.89. The van der Waals surface area contributed by atoms with E-state index in [4.69, 9.17) is 4.42 Å². The van der Waals surface area contributed by atoms with Crippen LogP contribution < -0.4 is 15.8 Å². The Hall–Kier alpha value is -1.35. The van der Waals surface area contributed by atoms with Gasteiger partial charge in [-0.15, -0.1) is 12.4 Å². The largest absolute Gasteiger partial charge is 0.419 e. The van der Waals surface area contributed by atoms with Crippen molar-refractivity contribution < 1.29 is 12.8 Å². The Morgan fingerprint density at radius 1 is 1.42 bits per heavy atom. The minimum Gasteiger partial charge on any atom is -0.408 e. The SMILES string of the molecule is CC(NS(=O)(=O)c1ccc2c(c1)oc(=O)n2C)C1CCCNC1.Cl. The first-order chi connectivity index (χ1) is 10.9. The first-order valence-electron chi connectivity index (χ1n) is 7.71. The molecule has 2 atom stereocenters. The van der Waals surface area contributed by atoms with E-state index in [1.54, 1.807) is 13.1 Å². The first kappa shape index (κ1) is 19.0. The van der Waals surface area contributed by atoms with Gasteiger partial charge in [-0.2, -0.15) is 0 Å². The molecule has 1 fully saturated rings. The molecule has 2 heterocycles. The molecule has 1 saturated heterocycles. The zero-order chi connectivity index (χ0) is 16.6. The molecule has 1 aromatic heterocycles. The van der Waals surface area contributed by atoms with Crippen molar-refractivity contribution in [2.45, 2.75) is 30.7 Å². The Morgan fingerprint density at radius 2 is 2.17 bits per heavy atom. The molecular weight excluding hydrogens is 354 g/mol. The number of rotatable bonds is 4. The topological polar surface area (TPSA) is 93.3 Å². The fourth-order valence-electron chi connectivity index (χ4n) is 3.00. The van der Waals surface area contributed by atoms with Gasteiger partial charge in [0.15, 0.2) is 5.58 Å². The number of oxazole rings is 1. The predicted molar refractivity (Wildman–Crippen MR) is 94.1 cm³/mol. The third-order valence-electron chi connectivity index (χ3n) is 4.46. The van der Waals surface area contributed by atoms with Crippen molar-refractivity contribution in [3.8, 4) is 0 Å². The standard InChI is InChI=1S/C15H21N3O4S.ClH/c1-10(11-4-3-7-16-9-11)17-23(20,21)12-5-6-13-14(8-12)22-15(19)18(13)2;/h5-6,8,10-11,16-17H,3-4,7,9H2,1-2H3;1H. The molecule has 0 aliphatic carbocycles. The van der Waals surface area contributed by atoms with Crippen LogP contribution in [0.15, 0.2) is 32.3 Å². The molecule has 1 aromatic carbocycles. The molecule has 1 aliphatic rings. The molecule has 2 aromatic rings. The summed E-state index contributed by atoms with van der Waals surface area (Å²) in [7, 11) is -2.07. The molecule has 0 bridgehead atoms. The Balaban J connectivity index is 0.00000208. The Morgan fingerprint density at radius 3 is 2.83 bits per heavy atom. The van der Waals surface area contributed by atoms with Crippen molar-refractivity contribution >= 4 is 33.5 Å². The quantitative estimate of drug-likeness (QED) is 0.838. The second-order valence-corrected chi connectivity index (χ2v) is 7.79. The van der Waals surface area contributed by atoms with Gasteiger partial charge < -0.3 is 9.73 Å². The van der Waals surface area contributed by atoms with Crippen LogP contribution in [0.5, 0.6) is 0 Å². The number of halogens is 1. The van der Waals surface area contributed by atoms with E-state index in [9.17, 15) is 13.2 Å². The van der Waals surface area contributed by atoms with E-state index in [-0.39, 0.29) is 34.8 Å². The van der Waals surface area contributed by atoms with E-state index in [2.05, 4.69) is 10.0 Å². The van der Waals surface area contributed by atoms with E-state index in [0.29, 0.717) is 5.52 Å². The Bertz CT molecular complexity index is 868. The third-order valence-corrected chi connectivity index (χ3v) is 6.01. The summed E-state index contributed by atoms with van der Waals surface area (Å²) in [4.78, 5) is 11.6. The normalized spacial score (nSPS) is 19.8. The average molecular weight is 376 g/mol. The van der Waals surface area contributed by atoms with Crippen LogP contribution in [0.4, 0.5) is 0 Å². The molecule has 9 heteroatoms. The molecular formula is C15H22ClN3O4S. The van der Waals surface area contributed by atoms with Crippen molar-refractivity contribution in [3.05, 3.63) is 28.7 Å². The van der Waals surface area contributed by atoms with Gasteiger partial charge in [0.05, 0.1) is 10.4 Å².